The van der Waals surface area contributed by atoms with Crippen molar-refractivity contribution in [2.45, 2.75) is 46.3 Å². The Morgan fingerprint density at radius 1 is 1.26 bits per heavy atom. The molecular formula is C18H28N2O3. The number of ether oxygens (including phenoxy) is 2. The second-order valence-electron chi connectivity index (χ2n) is 6.32. The number of para-hydroxylation sites is 1. The molecule has 0 radical (unpaired) electrons. The van der Waals surface area contributed by atoms with E-state index in [2.05, 4.69) is 5.32 Å². The first-order chi connectivity index (χ1) is 11.0. The van der Waals surface area contributed by atoms with E-state index in [-0.39, 0.29) is 18.2 Å². The van der Waals surface area contributed by atoms with E-state index in [1.807, 2.05) is 50.8 Å². The molecule has 5 heteroatoms. The van der Waals surface area contributed by atoms with Gasteiger partial charge < -0.3 is 19.7 Å². The third-order valence-electron chi connectivity index (χ3n) is 3.96. The molecule has 0 aromatic heterocycles. The molecule has 1 aromatic rings. The highest BCUT2D eigenvalue weighted by atomic mass is 16.5. The fourth-order valence-corrected chi connectivity index (χ4v) is 2.92. The van der Waals surface area contributed by atoms with Crippen LogP contribution in [0.2, 0.25) is 0 Å². The molecule has 0 bridgehead atoms. The molecule has 1 aliphatic heterocycles. The Balaban J connectivity index is 1.68. The SMILES string of the molecule is Cc1cccc(C)c1OCCCNC(=O)N1CC(C)OC(C)C1. The van der Waals surface area contributed by atoms with Crippen LogP contribution in [0.5, 0.6) is 5.75 Å². The summed E-state index contributed by atoms with van der Waals surface area (Å²) in [4.78, 5) is 14.0. The Hall–Kier alpha value is -1.75. The Bertz CT molecular complexity index is 503. The summed E-state index contributed by atoms with van der Waals surface area (Å²) in [6.45, 7) is 10.6. The van der Waals surface area contributed by atoms with Gasteiger partial charge in [0.2, 0.25) is 0 Å². The van der Waals surface area contributed by atoms with Crippen molar-refractivity contribution in [3.8, 4) is 5.75 Å². The van der Waals surface area contributed by atoms with Gasteiger partial charge in [0.25, 0.3) is 0 Å². The Kier molecular flexibility index (Phi) is 6.28. The molecule has 2 rings (SSSR count). The summed E-state index contributed by atoms with van der Waals surface area (Å²) < 4.78 is 11.5. The second kappa shape index (κ2) is 8.20. The zero-order chi connectivity index (χ0) is 16.8. The maximum Gasteiger partial charge on any atom is 0.317 e. The zero-order valence-electron chi connectivity index (χ0n) is 14.6. The molecule has 1 fully saturated rings. The van der Waals surface area contributed by atoms with Crippen LogP contribution in [0.1, 0.15) is 31.4 Å². The molecule has 2 unspecified atom stereocenters. The van der Waals surface area contributed by atoms with Crippen LogP contribution in [-0.4, -0.2) is 49.4 Å². The third-order valence-corrected chi connectivity index (χ3v) is 3.96. The number of urea groups is 1. The standard InChI is InChI=1S/C18H28N2O3/c1-13-7-5-8-14(2)17(13)22-10-6-9-19-18(21)20-11-15(3)23-16(4)12-20/h5,7-8,15-16H,6,9-12H2,1-4H3,(H,19,21). The first kappa shape index (κ1) is 17.6. The van der Waals surface area contributed by atoms with Gasteiger partial charge in [-0.1, -0.05) is 18.2 Å². The van der Waals surface area contributed by atoms with Crippen LogP contribution < -0.4 is 10.1 Å². The van der Waals surface area contributed by atoms with Crippen molar-refractivity contribution in [2.75, 3.05) is 26.2 Å². The van der Waals surface area contributed by atoms with Gasteiger partial charge in [0.15, 0.2) is 0 Å². The summed E-state index contributed by atoms with van der Waals surface area (Å²) in [5, 5.41) is 2.96. The van der Waals surface area contributed by atoms with Crippen molar-refractivity contribution in [2.24, 2.45) is 0 Å². The molecule has 1 heterocycles. The van der Waals surface area contributed by atoms with E-state index in [1.165, 1.54) is 0 Å². The van der Waals surface area contributed by atoms with Gasteiger partial charge in [-0.05, 0) is 45.2 Å². The lowest BCUT2D eigenvalue weighted by molar-refractivity contribution is -0.0545. The molecule has 2 amide bonds. The third kappa shape index (κ3) is 5.13. The normalized spacial score (nSPS) is 21.1. The summed E-state index contributed by atoms with van der Waals surface area (Å²) >= 11 is 0. The number of carbonyl (C=O) groups is 1. The molecule has 0 saturated carbocycles. The zero-order valence-corrected chi connectivity index (χ0v) is 14.6. The summed E-state index contributed by atoms with van der Waals surface area (Å²) in [6, 6.07) is 6.11. The Labute approximate surface area is 139 Å². The van der Waals surface area contributed by atoms with Crippen molar-refractivity contribution >= 4 is 6.03 Å². The van der Waals surface area contributed by atoms with Crippen LogP contribution in [-0.2, 0) is 4.74 Å². The number of carbonyl (C=O) groups excluding carboxylic acids is 1. The van der Waals surface area contributed by atoms with Crippen LogP contribution in [0.4, 0.5) is 4.79 Å². The Morgan fingerprint density at radius 2 is 1.87 bits per heavy atom. The lowest BCUT2D eigenvalue weighted by atomic mass is 10.1. The number of aryl methyl sites for hydroxylation is 2. The summed E-state index contributed by atoms with van der Waals surface area (Å²) in [5.74, 6) is 0.953. The molecule has 0 spiro atoms. The van der Waals surface area contributed by atoms with Crippen molar-refractivity contribution in [3.05, 3.63) is 29.3 Å². The Morgan fingerprint density at radius 3 is 2.48 bits per heavy atom. The van der Waals surface area contributed by atoms with Crippen molar-refractivity contribution in [1.29, 1.82) is 0 Å². The average molecular weight is 320 g/mol. The minimum absolute atomic E-state index is 0.0147. The molecule has 1 aliphatic rings. The van der Waals surface area contributed by atoms with Gasteiger partial charge in [-0.25, -0.2) is 4.79 Å². The predicted octanol–water partition coefficient (Wildman–Crippen LogP) is 2.89. The highest BCUT2D eigenvalue weighted by Gasteiger charge is 2.25. The van der Waals surface area contributed by atoms with E-state index < -0.39 is 0 Å². The van der Waals surface area contributed by atoms with Crippen molar-refractivity contribution in [3.63, 3.8) is 0 Å². The number of nitrogens with zero attached hydrogens (tertiary/aromatic N) is 1. The van der Waals surface area contributed by atoms with Crippen LogP contribution in [0.25, 0.3) is 0 Å². The van der Waals surface area contributed by atoms with Crippen LogP contribution >= 0.6 is 0 Å². The first-order valence-electron chi connectivity index (χ1n) is 8.34. The number of hydrogen-bond donors (Lipinski definition) is 1. The number of nitrogens with one attached hydrogen (secondary N) is 1. The molecular weight excluding hydrogens is 292 g/mol. The van der Waals surface area contributed by atoms with Crippen molar-refractivity contribution in [1.82, 2.24) is 10.2 Å². The molecule has 1 aromatic carbocycles. The second-order valence-corrected chi connectivity index (χ2v) is 6.32. The van der Waals surface area contributed by atoms with Gasteiger partial charge in [-0.15, -0.1) is 0 Å². The van der Waals surface area contributed by atoms with Gasteiger partial charge in [0.1, 0.15) is 5.75 Å². The summed E-state index contributed by atoms with van der Waals surface area (Å²) in [6.07, 6.45) is 0.975. The minimum atomic E-state index is -0.0147. The number of benzene rings is 1. The van der Waals surface area contributed by atoms with E-state index in [0.717, 1.165) is 23.3 Å². The topological polar surface area (TPSA) is 50.8 Å². The van der Waals surface area contributed by atoms with E-state index in [4.69, 9.17) is 9.47 Å². The largest absolute Gasteiger partial charge is 0.493 e. The summed E-state index contributed by atoms with van der Waals surface area (Å²) in [7, 11) is 0. The quantitative estimate of drug-likeness (QED) is 0.849. The monoisotopic (exact) mass is 320 g/mol. The van der Waals surface area contributed by atoms with E-state index in [1.54, 1.807) is 0 Å². The number of hydrogen-bond acceptors (Lipinski definition) is 3. The maximum absolute atomic E-state index is 12.1. The fraction of sp³-hybridized carbons (Fsp3) is 0.611. The highest BCUT2D eigenvalue weighted by molar-refractivity contribution is 5.74. The van der Waals surface area contributed by atoms with E-state index in [9.17, 15) is 4.79 Å². The minimum Gasteiger partial charge on any atom is -0.493 e. The molecule has 1 saturated heterocycles. The molecule has 2 atom stereocenters. The fourth-order valence-electron chi connectivity index (χ4n) is 2.92. The number of rotatable bonds is 5. The number of morpholine rings is 1. The van der Waals surface area contributed by atoms with Crippen LogP contribution in [0, 0.1) is 13.8 Å². The molecule has 23 heavy (non-hydrogen) atoms. The van der Waals surface area contributed by atoms with E-state index in [0.29, 0.717) is 26.2 Å². The smallest absolute Gasteiger partial charge is 0.317 e. The van der Waals surface area contributed by atoms with Crippen LogP contribution in [0.3, 0.4) is 0 Å². The highest BCUT2D eigenvalue weighted by Crippen LogP contribution is 2.22. The van der Waals surface area contributed by atoms with Gasteiger partial charge in [0.05, 0.1) is 18.8 Å². The molecule has 1 N–H and O–H groups in total. The first-order valence-corrected chi connectivity index (χ1v) is 8.34. The van der Waals surface area contributed by atoms with Gasteiger partial charge >= 0.3 is 6.03 Å². The summed E-state index contributed by atoms with van der Waals surface area (Å²) in [5.41, 5.74) is 2.29. The average Bonchev–Trinajstić information content (AvgIpc) is 2.48. The molecule has 5 nitrogen and oxygen atoms in total. The van der Waals surface area contributed by atoms with Crippen LogP contribution in [0.15, 0.2) is 18.2 Å². The lowest BCUT2D eigenvalue weighted by Crippen LogP contribution is -2.51. The predicted molar refractivity (Wildman–Crippen MR) is 91.0 cm³/mol. The van der Waals surface area contributed by atoms with Gasteiger partial charge in [-0.3, -0.25) is 0 Å². The maximum atomic E-state index is 12.1. The van der Waals surface area contributed by atoms with Crippen molar-refractivity contribution < 1.29 is 14.3 Å². The lowest BCUT2D eigenvalue weighted by Gasteiger charge is -2.35. The van der Waals surface area contributed by atoms with Gasteiger partial charge in [-0.2, -0.15) is 0 Å². The molecule has 0 aliphatic carbocycles. The van der Waals surface area contributed by atoms with E-state index >= 15 is 0 Å². The molecule has 128 valence electrons. The number of amides is 2. The van der Waals surface area contributed by atoms with Gasteiger partial charge in [0, 0.05) is 19.6 Å².